The van der Waals surface area contributed by atoms with Gasteiger partial charge in [0.05, 0.1) is 23.4 Å². The first-order valence-corrected chi connectivity index (χ1v) is 11.0. The third kappa shape index (κ3) is 3.72. The molecule has 0 saturated carbocycles. The Morgan fingerprint density at radius 3 is 2.78 bits per heavy atom. The Balaban J connectivity index is 2.22. The Bertz CT molecular complexity index is 1060. The van der Waals surface area contributed by atoms with Crippen LogP contribution in [0.25, 0.3) is 22.2 Å². The Kier molecular flexibility index (Phi) is 5.04. The normalized spacial score (nSPS) is 12.9. The van der Waals surface area contributed by atoms with E-state index in [-0.39, 0.29) is 24.2 Å². The van der Waals surface area contributed by atoms with Gasteiger partial charge in [0.25, 0.3) is 5.91 Å². The number of benzene rings is 1. The third-order valence-corrected chi connectivity index (χ3v) is 5.77. The highest BCUT2D eigenvalue weighted by molar-refractivity contribution is 7.70. The number of para-hydroxylation sites is 1. The zero-order chi connectivity index (χ0) is 19.8. The van der Waals surface area contributed by atoms with E-state index in [0.29, 0.717) is 11.3 Å². The number of primary amides is 1. The maximum Gasteiger partial charge on any atom is 0.252 e. The minimum Gasteiger partial charge on any atom is -0.394 e. The summed E-state index contributed by atoms with van der Waals surface area (Å²) in [4.78, 5) is 23.6. The van der Waals surface area contributed by atoms with Crippen LogP contribution in [0.5, 0.6) is 0 Å². The average Bonchev–Trinajstić information content (AvgIpc) is 3.04. The van der Waals surface area contributed by atoms with Crippen molar-refractivity contribution in [2.75, 3.05) is 25.3 Å². The van der Waals surface area contributed by atoms with Crippen molar-refractivity contribution in [3.63, 3.8) is 0 Å². The number of hydrogen-bond donors (Lipinski definition) is 4. The van der Waals surface area contributed by atoms with E-state index in [0.717, 1.165) is 16.2 Å². The molecule has 3 rings (SSSR count). The molecule has 9 heteroatoms. The number of rotatable bonds is 6. The maximum absolute atomic E-state index is 12.6. The number of aliphatic hydroxyl groups excluding tert-OH is 1. The SMILES string of the molecule is CC(CO)Nc1ncc(C(N)=O)c(-c2c[nH]c3c(P(C)(C)=O)cccc23)n1. The molecule has 0 fully saturated rings. The first-order chi connectivity index (χ1) is 12.7. The molecule has 0 radical (unpaired) electrons. The largest absolute Gasteiger partial charge is 0.394 e. The van der Waals surface area contributed by atoms with Crippen LogP contribution in [0.4, 0.5) is 5.95 Å². The monoisotopic (exact) mass is 387 g/mol. The molecule has 142 valence electrons. The van der Waals surface area contributed by atoms with E-state index in [1.54, 1.807) is 26.5 Å². The van der Waals surface area contributed by atoms with E-state index in [4.69, 9.17) is 5.73 Å². The van der Waals surface area contributed by atoms with E-state index >= 15 is 0 Å². The standard InChI is InChI=1S/C18H22N5O3P/c1-10(9-24)22-18-21-8-13(17(19)25)15(23-18)12-7-20-16-11(12)5-4-6-14(16)27(2,3)26/h4-8,10,20,24H,9H2,1-3H3,(H2,19,25)(H,21,22,23). The molecule has 0 aliphatic carbocycles. The van der Waals surface area contributed by atoms with Gasteiger partial charge in [0.15, 0.2) is 0 Å². The summed E-state index contributed by atoms with van der Waals surface area (Å²) in [6, 6.07) is 5.27. The number of anilines is 1. The Labute approximate surface area is 156 Å². The molecule has 0 spiro atoms. The van der Waals surface area contributed by atoms with Crippen molar-refractivity contribution in [3.8, 4) is 11.3 Å². The number of amides is 1. The molecule has 1 amide bonds. The van der Waals surface area contributed by atoms with Crippen LogP contribution < -0.4 is 16.4 Å². The van der Waals surface area contributed by atoms with Gasteiger partial charge in [-0.1, -0.05) is 12.1 Å². The highest BCUT2D eigenvalue weighted by atomic mass is 31.2. The number of nitrogens with zero attached hydrogens (tertiary/aromatic N) is 2. The number of fused-ring (bicyclic) bond motifs is 1. The molecule has 3 aromatic rings. The summed E-state index contributed by atoms with van der Waals surface area (Å²) in [5.74, 6) is -0.368. The van der Waals surface area contributed by atoms with Crippen molar-refractivity contribution in [1.29, 1.82) is 0 Å². The number of nitrogens with two attached hydrogens (primary N) is 1. The summed E-state index contributed by atoms with van der Waals surface area (Å²) in [6.07, 6.45) is 3.09. The molecular formula is C18H22N5O3P. The van der Waals surface area contributed by atoms with Crippen molar-refractivity contribution in [2.24, 2.45) is 5.73 Å². The van der Waals surface area contributed by atoms with Gasteiger partial charge in [0.2, 0.25) is 5.95 Å². The first kappa shape index (κ1) is 19.1. The summed E-state index contributed by atoms with van der Waals surface area (Å²) in [5.41, 5.74) is 7.47. The van der Waals surface area contributed by atoms with Crippen LogP contribution in [0.2, 0.25) is 0 Å². The van der Waals surface area contributed by atoms with Gasteiger partial charge >= 0.3 is 0 Å². The number of H-pyrrole nitrogens is 1. The van der Waals surface area contributed by atoms with E-state index < -0.39 is 13.0 Å². The van der Waals surface area contributed by atoms with Crippen LogP contribution in [-0.2, 0) is 4.57 Å². The van der Waals surface area contributed by atoms with Crippen LogP contribution in [0.1, 0.15) is 17.3 Å². The molecule has 2 aromatic heterocycles. The number of aromatic amines is 1. The molecule has 0 saturated heterocycles. The quantitative estimate of drug-likeness (QED) is 0.476. The Morgan fingerprint density at radius 1 is 1.41 bits per heavy atom. The molecule has 8 nitrogen and oxygen atoms in total. The minimum absolute atomic E-state index is 0.0883. The topological polar surface area (TPSA) is 134 Å². The summed E-state index contributed by atoms with van der Waals surface area (Å²) < 4.78 is 12.6. The van der Waals surface area contributed by atoms with Crippen LogP contribution >= 0.6 is 7.14 Å². The number of carbonyl (C=O) groups is 1. The van der Waals surface area contributed by atoms with Crippen molar-refractivity contribution in [2.45, 2.75) is 13.0 Å². The zero-order valence-corrected chi connectivity index (χ0v) is 16.2. The summed E-state index contributed by atoms with van der Waals surface area (Å²) in [6.45, 7) is 5.11. The van der Waals surface area contributed by atoms with Crippen molar-refractivity contribution >= 4 is 35.2 Å². The van der Waals surface area contributed by atoms with E-state index in [2.05, 4.69) is 20.3 Å². The molecule has 1 atom stereocenters. The lowest BCUT2D eigenvalue weighted by Crippen LogP contribution is -2.22. The highest BCUT2D eigenvalue weighted by Gasteiger charge is 2.21. The van der Waals surface area contributed by atoms with E-state index in [9.17, 15) is 14.5 Å². The van der Waals surface area contributed by atoms with E-state index in [1.165, 1.54) is 6.20 Å². The zero-order valence-electron chi connectivity index (χ0n) is 15.4. The van der Waals surface area contributed by atoms with Crippen molar-refractivity contribution in [3.05, 3.63) is 36.2 Å². The van der Waals surface area contributed by atoms with Crippen LogP contribution in [0, 0.1) is 0 Å². The predicted octanol–water partition coefficient (Wildman–Crippen LogP) is 1.76. The summed E-state index contributed by atoms with van der Waals surface area (Å²) >= 11 is 0. The molecule has 1 unspecified atom stereocenters. The second kappa shape index (κ2) is 7.13. The number of aromatic nitrogens is 3. The molecule has 1 aromatic carbocycles. The molecule has 0 bridgehead atoms. The van der Waals surface area contributed by atoms with Gasteiger partial charge in [-0.2, -0.15) is 0 Å². The first-order valence-electron chi connectivity index (χ1n) is 8.42. The maximum atomic E-state index is 12.6. The molecule has 0 aliphatic heterocycles. The van der Waals surface area contributed by atoms with Crippen LogP contribution in [0.15, 0.2) is 30.6 Å². The Morgan fingerprint density at radius 2 is 2.15 bits per heavy atom. The number of hydrogen-bond acceptors (Lipinski definition) is 6. The lowest BCUT2D eigenvalue weighted by molar-refractivity contribution is 0.100. The highest BCUT2D eigenvalue weighted by Crippen LogP contribution is 2.39. The summed E-state index contributed by atoms with van der Waals surface area (Å²) in [7, 11) is -2.50. The van der Waals surface area contributed by atoms with Crippen molar-refractivity contribution < 1.29 is 14.5 Å². The summed E-state index contributed by atoms with van der Waals surface area (Å²) in [5, 5.41) is 13.7. The fourth-order valence-electron chi connectivity index (χ4n) is 2.89. The van der Waals surface area contributed by atoms with Crippen molar-refractivity contribution in [1.82, 2.24) is 15.0 Å². The molecule has 0 aliphatic rings. The number of carbonyl (C=O) groups excluding carboxylic acids is 1. The predicted molar refractivity (Wildman–Crippen MR) is 107 cm³/mol. The van der Waals surface area contributed by atoms with Gasteiger partial charge < -0.3 is 25.7 Å². The molecule has 2 heterocycles. The fourth-order valence-corrected chi connectivity index (χ4v) is 4.05. The van der Waals surface area contributed by atoms with Gasteiger partial charge in [-0.15, -0.1) is 0 Å². The molecule has 27 heavy (non-hydrogen) atoms. The van der Waals surface area contributed by atoms with Gasteiger partial charge in [-0.25, -0.2) is 9.97 Å². The van der Waals surface area contributed by atoms with Crippen LogP contribution in [0.3, 0.4) is 0 Å². The molecular weight excluding hydrogens is 365 g/mol. The molecule has 5 N–H and O–H groups in total. The lowest BCUT2D eigenvalue weighted by Gasteiger charge is -2.13. The lowest BCUT2D eigenvalue weighted by atomic mass is 10.1. The average molecular weight is 387 g/mol. The fraction of sp³-hybridized carbons (Fsp3) is 0.278. The van der Waals surface area contributed by atoms with Gasteiger partial charge in [0.1, 0.15) is 7.14 Å². The number of nitrogens with one attached hydrogen (secondary N) is 2. The third-order valence-electron chi connectivity index (χ3n) is 4.23. The number of aliphatic hydroxyl groups is 1. The minimum atomic E-state index is -2.50. The second-order valence-electron chi connectivity index (χ2n) is 6.80. The smallest absolute Gasteiger partial charge is 0.252 e. The second-order valence-corrected chi connectivity index (χ2v) is 9.98. The van der Waals surface area contributed by atoms with Gasteiger partial charge in [-0.3, -0.25) is 4.79 Å². The Hall–Kier alpha value is -2.70. The van der Waals surface area contributed by atoms with Crippen LogP contribution in [-0.4, -0.2) is 51.9 Å². The van der Waals surface area contributed by atoms with Gasteiger partial charge in [-0.05, 0) is 26.3 Å². The van der Waals surface area contributed by atoms with Gasteiger partial charge in [0, 0.05) is 34.7 Å². The van der Waals surface area contributed by atoms with E-state index in [1.807, 2.05) is 18.2 Å².